The molecule has 0 radical (unpaired) electrons. The summed E-state index contributed by atoms with van der Waals surface area (Å²) >= 11 is 0. The molecule has 0 aliphatic heterocycles. The summed E-state index contributed by atoms with van der Waals surface area (Å²) in [7, 11) is 1.66. The van der Waals surface area contributed by atoms with Crippen molar-refractivity contribution in [2.24, 2.45) is 5.92 Å². The van der Waals surface area contributed by atoms with E-state index in [1.807, 2.05) is 24.3 Å². The molecule has 16 heavy (non-hydrogen) atoms. The Balaban J connectivity index is 2.04. The quantitative estimate of drug-likeness (QED) is 0.846. The van der Waals surface area contributed by atoms with Gasteiger partial charge in [-0.1, -0.05) is 31.4 Å². The smallest absolute Gasteiger partial charge is 0.118 e. The maximum absolute atomic E-state index is 10.3. The van der Waals surface area contributed by atoms with Gasteiger partial charge in [0, 0.05) is 0 Å². The topological polar surface area (TPSA) is 29.5 Å². The van der Waals surface area contributed by atoms with Crippen molar-refractivity contribution in [2.45, 2.75) is 38.2 Å². The minimum Gasteiger partial charge on any atom is -0.497 e. The summed E-state index contributed by atoms with van der Waals surface area (Å²) in [6, 6.07) is 7.78. The summed E-state index contributed by atoms with van der Waals surface area (Å²) in [6.45, 7) is 0. The van der Waals surface area contributed by atoms with E-state index in [2.05, 4.69) is 0 Å². The van der Waals surface area contributed by atoms with Crippen LogP contribution in [0, 0.1) is 5.92 Å². The highest BCUT2D eigenvalue weighted by Gasteiger charge is 2.22. The van der Waals surface area contributed by atoms with Crippen LogP contribution >= 0.6 is 0 Å². The van der Waals surface area contributed by atoms with Crippen LogP contribution in [-0.2, 0) is 0 Å². The van der Waals surface area contributed by atoms with Crippen molar-refractivity contribution in [3.8, 4) is 5.75 Å². The monoisotopic (exact) mass is 220 g/mol. The molecule has 1 fully saturated rings. The van der Waals surface area contributed by atoms with E-state index in [9.17, 15) is 5.11 Å². The second kappa shape index (κ2) is 5.35. The Kier molecular flexibility index (Phi) is 3.83. The van der Waals surface area contributed by atoms with Crippen molar-refractivity contribution in [1.29, 1.82) is 0 Å². The number of hydrogen-bond acceptors (Lipinski definition) is 2. The third kappa shape index (κ3) is 2.56. The molecule has 1 atom stereocenters. The Labute approximate surface area is 97.3 Å². The molecular formula is C14H20O2. The van der Waals surface area contributed by atoms with E-state index in [1.54, 1.807) is 7.11 Å². The lowest BCUT2D eigenvalue weighted by Crippen LogP contribution is -2.15. The molecule has 1 aliphatic rings. The van der Waals surface area contributed by atoms with Gasteiger partial charge in [0.05, 0.1) is 13.2 Å². The summed E-state index contributed by atoms with van der Waals surface area (Å²) in [5.74, 6) is 1.29. The molecule has 1 N–H and O–H groups in total. The van der Waals surface area contributed by atoms with Gasteiger partial charge in [0.1, 0.15) is 5.75 Å². The van der Waals surface area contributed by atoms with E-state index in [0.717, 1.165) is 24.2 Å². The molecule has 1 aromatic rings. The summed E-state index contributed by atoms with van der Waals surface area (Å²) in [6.07, 6.45) is 5.87. The Morgan fingerprint density at radius 2 is 1.75 bits per heavy atom. The van der Waals surface area contributed by atoms with E-state index in [-0.39, 0.29) is 6.10 Å². The normalized spacial score (nSPS) is 19.4. The standard InChI is InChI=1S/C14H20O2/c1-16-13-9-7-12(8-10-13)14(15)11-5-3-2-4-6-11/h7-11,14-15H,2-6H2,1H3/t14-/m1/s1. The predicted molar refractivity (Wildman–Crippen MR) is 64.5 cm³/mol. The molecule has 1 saturated carbocycles. The molecule has 0 bridgehead atoms. The maximum atomic E-state index is 10.3. The molecule has 0 unspecified atom stereocenters. The van der Waals surface area contributed by atoms with Gasteiger partial charge in [-0.05, 0) is 36.5 Å². The lowest BCUT2D eigenvalue weighted by molar-refractivity contribution is 0.0848. The fraction of sp³-hybridized carbons (Fsp3) is 0.571. The number of aliphatic hydroxyl groups is 1. The van der Waals surface area contributed by atoms with E-state index < -0.39 is 0 Å². The number of methoxy groups -OCH3 is 1. The molecule has 0 spiro atoms. The van der Waals surface area contributed by atoms with Crippen molar-refractivity contribution in [2.75, 3.05) is 7.11 Å². The molecule has 0 amide bonds. The van der Waals surface area contributed by atoms with Gasteiger partial charge in [0.25, 0.3) is 0 Å². The number of benzene rings is 1. The van der Waals surface area contributed by atoms with Crippen LogP contribution in [-0.4, -0.2) is 12.2 Å². The van der Waals surface area contributed by atoms with Gasteiger partial charge in [0.2, 0.25) is 0 Å². The Bertz CT molecular complexity index is 312. The van der Waals surface area contributed by atoms with Crippen molar-refractivity contribution in [3.63, 3.8) is 0 Å². The van der Waals surface area contributed by atoms with E-state index in [4.69, 9.17) is 4.74 Å². The second-order valence-electron chi connectivity index (χ2n) is 4.62. The Morgan fingerprint density at radius 1 is 1.12 bits per heavy atom. The SMILES string of the molecule is COc1ccc([C@H](O)C2CCCCC2)cc1. The molecule has 88 valence electrons. The molecule has 0 saturated heterocycles. The minimum atomic E-state index is -0.300. The zero-order chi connectivity index (χ0) is 11.4. The number of rotatable bonds is 3. The van der Waals surface area contributed by atoms with Crippen LogP contribution in [0.2, 0.25) is 0 Å². The zero-order valence-corrected chi connectivity index (χ0v) is 9.86. The van der Waals surface area contributed by atoms with Gasteiger partial charge < -0.3 is 9.84 Å². The highest BCUT2D eigenvalue weighted by molar-refractivity contribution is 5.28. The minimum absolute atomic E-state index is 0.300. The molecule has 1 aliphatic carbocycles. The summed E-state index contributed by atoms with van der Waals surface area (Å²) in [5.41, 5.74) is 1.02. The molecule has 2 rings (SSSR count). The number of aliphatic hydroxyl groups excluding tert-OH is 1. The first-order valence-electron chi connectivity index (χ1n) is 6.13. The molecule has 2 heteroatoms. The van der Waals surface area contributed by atoms with Crippen molar-refractivity contribution >= 4 is 0 Å². The fourth-order valence-corrected chi connectivity index (χ4v) is 2.52. The lowest BCUT2D eigenvalue weighted by atomic mass is 9.83. The van der Waals surface area contributed by atoms with Crippen LogP contribution in [0.15, 0.2) is 24.3 Å². The third-order valence-electron chi connectivity index (χ3n) is 3.55. The van der Waals surface area contributed by atoms with Gasteiger partial charge in [-0.15, -0.1) is 0 Å². The third-order valence-corrected chi connectivity index (χ3v) is 3.55. The van der Waals surface area contributed by atoms with Crippen molar-refractivity contribution in [3.05, 3.63) is 29.8 Å². The number of ether oxygens (including phenoxy) is 1. The lowest BCUT2D eigenvalue weighted by Gasteiger charge is -2.26. The predicted octanol–water partition coefficient (Wildman–Crippen LogP) is 3.31. The largest absolute Gasteiger partial charge is 0.497 e. The average Bonchev–Trinajstić information content (AvgIpc) is 2.39. The van der Waals surface area contributed by atoms with Gasteiger partial charge in [-0.3, -0.25) is 0 Å². The first-order chi connectivity index (χ1) is 7.81. The Hall–Kier alpha value is -1.02. The average molecular weight is 220 g/mol. The molecule has 0 aromatic heterocycles. The van der Waals surface area contributed by atoms with Crippen molar-refractivity contribution in [1.82, 2.24) is 0 Å². The molecular weight excluding hydrogens is 200 g/mol. The number of hydrogen-bond donors (Lipinski definition) is 1. The van der Waals surface area contributed by atoms with Crippen LogP contribution in [0.4, 0.5) is 0 Å². The van der Waals surface area contributed by atoms with Crippen molar-refractivity contribution < 1.29 is 9.84 Å². The summed E-state index contributed by atoms with van der Waals surface area (Å²) < 4.78 is 5.11. The Morgan fingerprint density at radius 3 is 2.31 bits per heavy atom. The highest BCUT2D eigenvalue weighted by atomic mass is 16.5. The van der Waals surface area contributed by atoms with Gasteiger partial charge in [-0.25, -0.2) is 0 Å². The fourth-order valence-electron chi connectivity index (χ4n) is 2.52. The van der Waals surface area contributed by atoms with Gasteiger partial charge in [-0.2, -0.15) is 0 Å². The summed E-state index contributed by atoms with van der Waals surface area (Å²) in [5, 5.41) is 10.3. The van der Waals surface area contributed by atoms with E-state index >= 15 is 0 Å². The summed E-state index contributed by atoms with van der Waals surface area (Å²) in [4.78, 5) is 0. The van der Waals surface area contributed by atoms with Crippen LogP contribution in [0.5, 0.6) is 5.75 Å². The second-order valence-corrected chi connectivity index (χ2v) is 4.62. The zero-order valence-electron chi connectivity index (χ0n) is 9.86. The highest BCUT2D eigenvalue weighted by Crippen LogP contribution is 2.34. The molecule has 0 heterocycles. The van der Waals surface area contributed by atoms with E-state index in [1.165, 1.54) is 19.3 Å². The van der Waals surface area contributed by atoms with Gasteiger partial charge >= 0.3 is 0 Å². The molecule has 2 nitrogen and oxygen atoms in total. The van der Waals surface area contributed by atoms with E-state index in [0.29, 0.717) is 5.92 Å². The van der Waals surface area contributed by atoms with Crippen LogP contribution in [0.3, 0.4) is 0 Å². The van der Waals surface area contributed by atoms with Crippen LogP contribution in [0.25, 0.3) is 0 Å². The van der Waals surface area contributed by atoms with Crippen LogP contribution < -0.4 is 4.74 Å². The first-order valence-corrected chi connectivity index (χ1v) is 6.13. The maximum Gasteiger partial charge on any atom is 0.118 e. The van der Waals surface area contributed by atoms with Crippen LogP contribution in [0.1, 0.15) is 43.8 Å². The first kappa shape index (κ1) is 11.5. The molecule has 1 aromatic carbocycles. The van der Waals surface area contributed by atoms with Gasteiger partial charge in [0.15, 0.2) is 0 Å².